The molecule has 1 heterocycles. The number of carbonyl (C=O) groups is 1. The Morgan fingerprint density at radius 3 is 2.47 bits per heavy atom. The Bertz CT molecular complexity index is 1020. The smallest absolute Gasteiger partial charge is 0.253 e. The number of rotatable bonds is 6. The number of carbonyl (C=O) groups excluding carboxylic acids is 1. The summed E-state index contributed by atoms with van der Waals surface area (Å²) in [4.78, 5) is 17.2. The van der Waals surface area contributed by atoms with Crippen molar-refractivity contribution in [1.82, 2.24) is 9.80 Å². The SMILES string of the molecule is CCOc1ccc(C(=O)N2CCN(C)CC2)cc1COc1cccc2ccccc12. The fourth-order valence-corrected chi connectivity index (χ4v) is 3.79. The molecule has 156 valence electrons. The van der Waals surface area contributed by atoms with E-state index in [-0.39, 0.29) is 5.91 Å². The minimum atomic E-state index is 0.0672. The molecule has 0 radical (unpaired) electrons. The highest BCUT2D eigenvalue weighted by atomic mass is 16.5. The van der Waals surface area contributed by atoms with Gasteiger partial charge in [0.15, 0.2) is 0 Å². The summed E-state index contributed by atoms with van der Waals surface area (Å²) in [5.41, 5.74) is 1.56. The molecule has 0 aromatic heterocycles. The lowest BCUT2D eigenvalue weighted by atomic mass is 10.1. The lowest BCUT2D eigenvalue weighted by Crippen LogP contribution is -2.47. The van der Waals surface area contributed by atoms with Crippen molar-refractivity contribution in [1.29, 1.82) is 0 Å². The van der Waals surface area contributed by atoms with E-state index < -0.39 is 0 Å². The van der Waals surface area contributed by atoms with Gasteiger partial charge < -0.3 is 19.3 Å². The van der Waals surface area contributed by atoms with Crippen LogP contribution in [0, 0.1) is 0 Å². The second-order valence-corrected chi connectivity index (χ2v) is 7.62. The van der Waals surface area contributed by atoms with Crippen LogP contribution in [0.2, 0.25) is 0 Å². The number of likely N-dealkylation sites (N-methyl/N-ethyl adjacent to an activating group) is 1. The molecule has 0 atom stereocenters. The number of nitrogens with zero attached hydrogens (tertiary/aromatic N) is 2. The van der Waals surface area contributed by atoms with Crippen LogP contribution in [0.5, 0.6) is 11.5 Å². The number of piperazine rings is 1. The van der Waals surface area contributed by atoms with Crippen molar-refractivity contribution >= 4 is 16.7 Å². The van der Waals surface area contributed by atoms with E-state index in [1.807, 2.05) is 54.3 Å². The highest BCUT2D eigenvalue weighted by molar-refractivity contribution is 5.94. The average Bonchev–Trinajstić information content (AvgIpc) is 2.78. The third-order valence-corrected chi connectivity index (χ3v) is 5.53. The molecule has 30 heavy (non-hydrogen) atoms. The van der Waals surface area contributed by atoms with E-state index in [0.717, 1.165) is 54.0 Å². The Balaban J connectivity index is 1.56. The van der Waals surface area contributed by atoms with E-state index in [1.54, 1.807) is 0 Å². The Hall–Kier alpha value is -3.05. The molecule has 1 saturated heterocycles. The second-order valence-electron chi connectivity index (χ2n) is 7.62. The van der Waals surface area contributed by atoms with Gasteiger partial charge in [0.2, 0.25) is 0 Å². The van der Waals surface area contributed by atoms with Crippen LogP contribution < -0.4 is 9.47 Å². The quantitative estimate of drug-likeness (QED) is 0.617. The predicted octanol–water partition coefficient (Wildman–Crippen LogP) is 4.21. The normalized spacial score (nSPS) is 14.7. The summed E-state index contributed by atoms with van der Waals surface area (Å²) in [7, 11) is 2.08. The predicted molar refractivity (Wildman–Crippen MR) is 119 cm³/mol. The van der Waals surface area contributed by atoms with Crippen LogP contribution in [-0.4, -0.2) is 55.5 Å². The Kier molecular flexibility index (Phi) is 6.19. The molecule has 0 spiro atoms. The summed E-state index contributed by atoms with van der Waals surface area (Å²) in [5, 5.41) is 2.21. The zero-order valence-electron chi connectivity index (χ0n) is 17.6. The van der Waals surface area contributed by atoms with Gasteiger partial charge in [-0.2, -0.15) is 0 Å². The fraction of sp³-hybridized carbons (Fsp3) is 0.320. The topological polar surface area (TPSA) is 42.0 Å². The number of hydrogen-bond donors (Lipinski definition) is 0. The third-order valence-electron chi connectivity index (χ3n) is 5.53. The van der Waals surface area contributed by atoms with Crippen molar-refractivity contribution in [2.24, 2.45) is 0 Å². The van der Waals surface area contributed by atoms with Gasteiger partial charge in [0.25, 0.3) is 5.91 Å². The minimum Gasteiger partial charge on any atom is -0.493 e. The molecule has 3 aromatic carbocycles. The van der Waals surface area contributed by atoms with Gasteiger partial charge in [0.1, 0.15) is 18.1 Å². The molecule has 3 aromatic rings. The van der Waals surface area contributed by atoms with E-state index in [4.69, 9.17) is 9.47 Å². The summed E-state index contributed by atoms with van der Waals surface area (Å²) < 4.78 is 12.0. The highest BCUT2D eigenvalue weighted by Crippen LogP contribution is 2.28. The Labute approximate surface area is 177 Å². The first kappa shape index (κ1) is 20.2. The summed E-state index contributed by atoms with van der Waals surface area (Å²) in [6.45, 7) is 6.17. The first-order valence-corrected chi connectivity index (χ1v) is 10.5. The minimum absolute atomic E-state index is 0.0672. The van der Waals surface area contributed by atoms with Crippen molar-refractivity contribution in [2.45, 2.75) is 13.5 Å². The van der Waals surface area contributed by atoms with Crippen LogP contribution in [0.15, 0.2) is 60.7 Å². The van der Waals surface area contributed by atoms with E-state index in [9.17, 15) is 4.79 Å². The molecular weight excluding hydrogens is 376 g/mol. The van der Waals surface area contributed by atoms with E-state index in [0.29, 0.717) is 18.8 Å². The number of benzene rings is 3. The maximum atomic E-state index is 13.0. The maximum Gasteiger partial charge on any atom is 0.253 e. The molecule has 1 fully saturated rings. The zero-order chi connectivity index (χ0) is 20.9. The number of amides is 1. The van der Waals surface area contributed by atoms with Gasteiger partial charge in [-0.3, -0.25) is 4.79 Å². The second kappa shape index (κ2) is 9.18. The summed E-state index contributed by atoms with van der Waals surface area (Å²) >= 11 is 0. The van der Waals surface area contributed by atoms with Gasteiger partial charge in [-0.25, -0.2) is 0 Å². The van der Waals surface area contributed by atoms with Crippen LogP contribution in [0.4, 0.5) is 0 Å². The Morgan fingerprint density at radius 1 is 0.900 bits per heavy atom. The highest BCUT2D eigenvalue weighted by Gasteiger charge is 2.21. The van der Waals surface area contributed by atoms with Crippen molar-refractivity contribution in [3.05, 3.63) is 71.8 Å². The monoisotopic (exact) mass is 404 g/mol. The molecule has 0 aliphatic carbocycles. The largest absolute Gasteiger partial charge is 0.493 e. The van der Waals surface area contributed by atoms with Crippen LogP contribution >= 0.6 is 0 Å². The third kappa shape index (κ3) is 4.41. The van der Waals surface area contributed by atoms with Crippen molar-refractivity contribution in [3.8, 4) is 11.5 Å². The van der Waals surface area contributed by atoms with Gasteiger partial charge in [-0.15, -0.1) is 0 Å². The molecule has 0 N–H and O–H groups in total. The molecular formula is C25H28N2O3. The fourth-order valence-electron chi connectivity index (χ4n) is 3.79. The summed E-state index contributed by atoms with van der Waals surface area (Å²) in [6, 6.07) is 19.9. The molecule has 5 nitrogen and oxygen atoms in total. The molecule has 1 aliphatic rings. The van der Waals surface area contributed by atoms with Gasteiger partial charge >= 0.3 is 0 Å². The molecule has 4 rings (SSSR count). The van der Waals surface area contributed by atoms with Gasteiger partial charge in [0.05, 0.1) is 6.61 Å². The van der Waals surface area contributed by atoms with Gasteiger partial charge in [-0.05, 0) is 43.6 Å². The molecule has 1 aliphatic heterocycles. The molecule has 0 saturated carbocycles. The lowest BCUT2D eigenvalue weighted by Gasteiger charge is -2.32. The molecule has 0 unspecified atom stereocenters. The van der Waals surface area contributed by atoms with Crippen LogP contribution in [0.25, 0.3) is 10.8 Å². The van der Waals surface area contributed by atoms with Gasteiger partial charge in [0, 0.05) is 42.7 Å². The average molecular weight is 405 g/mol. The van der Waals surface area contributed by atoms with Crippen molar-refractivity contribution in [3.63, 3.8) is 0 Å². The van der Waals surface area contributed by atoms with Crippen LogP contribution in [-0.2, 0) is 6.61 Å². The van der Waals surface area contributed by atoms with Crippen molar-refractivity contribution in [2.75, 3.05) is 39.8 Å². The molecule has 0 bridgehead atoms. The Morgan fingerprint density at radius 2 is 1.67 bits per heavy atom. The van der Waals surface area contributed by atoms with Gasteiger partial charge in [-0.1, -0.05) is 36.4 Å². The first-order chi connectivity index (χ1) is 14.7. The number of ether oxygens (including phenoxy) is 2. The first-order valence-electron chi connectivity index (χ1n) is 10.5. The lowest BCUT2D eigenvalue weighted by molar-refractivity contribution is 0.0664. The number of fused-ring (bicyclic) bond motifs is 1. The van der Waals surface area contributed by atoms with E-state index >= 15 is 0 Å². The molecule has 1 amide bonds. The number of hydrogen-bond acceptors (Lipinski definition) is 4. The van der Waals surface area contributed by atoms with E-state index in [2.05, 4.69) is 30.1 Å². The van der Waals surface area contributed by atoms with E-state index in [1.165, 1.54) is 0 Å². The van der Waals surface area contributed by atoms with Crippen LogP contribution in [0.3, 0.4) is 0 Å². The van der Waals surface area contributed by atoms with Crippen molar-refractivity contribution < 1.29 is 14.3 Å². The molecule has 5 heteroatoms. The zero-order valence-corrected chi connectivity index (χ0v) is 17.6. The maximum absolute atomic E-state index is 13.0. The summed E-state index contributed by atoms with van der Waals surface area (Å²) in [5.74, 6) is 1.65. The van der Waals surface area contributed by atoms with Crippen LogP contribution in [0.1, 0.15) is 22.8 Å². The standard InChI is InChI=1S/C25H28N2O3/c1-3-29-23-12-11-20(25(28)27-15-13-26(2)14-16-27)17-21(23)18-30-24-10-6-8-19-7-4-5-9-22(19)24/h4-12,17H,3,13-16,18H2,1-2H3. The summed E-state index contributed by atoms with van der Waals surface area (Å²) in [6.07, 6.45) is 0.